The van der Waals surface area contributed by atoms with E-state index < -0.39 is 16.1 Å². The first kappa shape index (κ1) is 11.1. The number of rotatable bonds is 2. The summed E-state index contributed by atoms with van der Waals surface area (Å²) in [4.78, 5) is 13.3. The minimum atomic E-state index is -1.04. The van der Waals surface area contributed by atoms with Crippen LogP contribution in [0, 0.1) is 0 Å². The highest BCUT2D eigenvalue weighted by atomic mass is 28.5. The molecule has 0 bridgehead atoms. The molecule has 0 aliphatic carbocycles. The zero-order chi connectivity index (χ0) is 11.1. The predicted octanol–water partition coefficient (Wildman–Crippen LogP) is 2.54. The fraction of sp³-hybridized carbons (Fsp3) is 0.727. The van der Waals surface area contributed by atoms with E-state index in [1.807, 2.05) is 4.90 Å². The zero-order valence-corrected chi connectivity index (χ0v) is 12.0. The van der Waals surface area contributed by atoms with Crippen LogP contribution in [-0.2, 0) is 4.79 Å². The molecular weight excluding hydrogens is 218 g/mol. The Bertz CT molecular complexity index is 304. The highest BCUT2D eigenvalue weighted by Crippen LogP contribution is 2.40. The average molecular weight is 239 g/mol. The molecule has 2 aliphatic rings. The van der Waals surface area contributed by atoms with Gasteiger partial charge in [0.2, 0.25) is 5.91 Å². The first-order chi connectivity index (χ1) is 6.90. The van der Waals surface area contributed by atoms with Gasteiger partial charge in [-0.2, -0.15) is 0 Å². The molecule has 0 atom stereocenters. The molecule has 2 aliphatic heterocycles. The van der Waals surface area contributed by atoms with Gasteiger partial charge in [0.05, 0.1) is 8.07 Å². The maximum Gasteiger partial charge on any atom is 0.226 e. The quantitative estimate of drug-likeness (QED) is 0.678. The second kappa shape index (κ2) is 3.59. The van der Waals surface area contributed by atoms with Crippen molar-refractivity contribution in [2.45, 2.75) is 43.8 Å². The molecule has 2 nitrogen and oxygen atoms in total. The van der Waals surface area contributed by atoms with Crippen molar-refractivity contribution in [1.29, 1.82) is 0 Å². The molecule has 2 rings (SSSR count). The minimum Gasteiger partial charge on any atom is -0.320 e. The molecule has 0 aromatic rings. The fourth-order valence-corrected chi connectivity index (χ4v) is 21.9. The van der Waals surface area contributed by atoms with Gasteiger partial charge < -0.3 is 4.90 Å². The van der Waals surface area contributed by atoms with Gasteiger partial charge in [0, 0.05) is 21.0 Å². The molecule has 0 N–H and O–H groups in total. The maximum atomic E-state index is 11.4. The number of hydrogen-bond acceptors (Lipinski definition) is 1. The summed E-state index contributed by atoms with van der Waals surface area (Å²) in [5.41, 5.74) is 5.44. The van der Waals surface area contributed by atoms with E-state index in [1.54, 1.807) is 0 Å². The fourth-order valence-electron chi connectivity index (χ4n) is 3.35. The van der Waals surface area contributed by atoms with Gasteiger partial charge in [-0.3, -0.25) is 4.79 Å². The van der Waals surface area contributed by atoms with Crippen LogP contribution >= 0.6 is 0 Å². The molecule has 4 heteroatoms. The Morgan fingerprint density at radius 2 is 1.93 bits per heavy atom. The Kier molecular flexibility index (Phi) is 2.67. The van der Waals surface area contributed by atoms with Crippen LogP contribution in [0.25, 0.3) is 0 Å². The Labute approximate surface area is 94.4 Å². The molecule has 2 heterocycles. The van der Waals surface area contributed by atoms with Crippen LogP contribution in [0.3, 0.4) is 0 Å². The highest BCUT2D eigenvalue weighted by Gasteiger charge is 2.47. The first-order valence-corrected chi connectivity index (χ1v) is 12.3. The van der Waals surface area contributed by atoms with Crippen LogP contribution in [0.15, 0.2) is 11.9 Å². The molecule has 0 aromatic heterocycles. The summed E-state index contributed by atoms with van der Waals surface area (Å²) in [5.74, 6) is 0.319. The normalized spacial score (nSPS) is 28.5. The SMILES string of the molecule is C[Si]1(C)C[Si](C)(/C=C/N2CCCC2=O)C1. The summed E-state index contributed by atoms with van der Waals surface area (Å²) >= 11 is 0. The maximum absolute atomic E-state index is 11.4. The van der Waals surface area contributed by atoms with Crippen molar-refractivity contribution in [3.63, 3.8) is 0 Å². The van der Waals surface area contributed by atoms with Gasteiger partial charge in [0.1, 0.15) is 0 Å². The predicted molar refractivity (Wildman–Crippen MR) is 68.8 cm³/mol. The van der Waals surface area contributed by atoms with E-state index in [2.05, 4.69) is 31.5 Å². The molecule has 2 fully saturated rings. The lowest BCUT2D eigenvalue weighted by Gasteiger charge is -2.47. The van der Waals surface area contributed by atoms with Crippen molar-refractivity contribution in [1.82, 2.24) is 4.90 Å². The van der Waals surface area contributed by atoms with Gasteiger partial charge in [-0.05, 0) is 12.6 Å². The van der Waals surface area contributed by atoms with E-state index in [4.69, 9.17) is 0 Å². The molecule has 1 amide bonds. The van der Waals surface area contributed by atoms with E-state index in [1.165, 1.54) is 11.3 Å². The lowest BCUT2D eigenvalue weighted by Crippen LogP contribution is -2.56. The van der Waals surface area contributed by atoms with Gasteiger partial charge in [-0.25, -0.2) is 0 Å². The van der Waals surface area contributed by atoms with E-state index in [9.17, 15) is 4.79 Å². The highest BCUT2D eigenvalue weighted by molar-refractivity contribution is 7.14. The summed E-state index contributed by atoms with van der Waals surface area (Å²) in [5, 5.41) is 0. The molecule has 0 unspecified atom stereocenters. The summed E-state index contributed by atoms with van der Waals surface area (Å²) in [6, 6.07) is 0. The van der Waals surface area contributed by atoms with E-state index >= 15 is 0 Å². The number of hydrogen-bond donors (Lipinski definition) is 0. The smallest absolute Gasteiger partial charge is 0.226 e. The summed E-state index contributed by atoms with van der Waals surface area (Å²) in [6.45, 7) is 8.37. The second-order valence-electron chi connectivity index (χ2n) is 6.18. The van der Waals surface area contributed by atoms with E-state index in [-0.39, 0.29) is 0 Å². The molecule has 0 saturated carbocycles. The first-order valence-electron chi connectivity index (χ1n) is 5.89. The Morgan fingerprint density at radius 3 is 2.40 bits per heavy atom. The number of carbonyl (C=O) groups excluding carboxylic acids is 1. The molecule has 84 valence electrons. The Hall–Kier alpha value is -0.356. The molecule has 2 saturated heterocycles. The van der Waals surface area contributed by atoms with Gasteiger partial charge in [0.15, 0.2) is 0 Å². The van der Waals surface area contributed by atoms with Crippen LogP contribution in [0.4, 0.5) is 0 Å². The zero-order valence-electron chi connectivity index (χ0n) is 10.0. The third kappa shape index (κ3) is 2.42. The number of amides is 1. The van der Waals surface area contributed by atoms with Crippen LogP contribution < -0.4 is 0 Å². The molecule has 15 heavy (non-hydrogen) atoms. The summed E-state index contributed by atoms with van der Waals surface area (Å²) in [6.07, 6.45) is 3.90. The van der Waals surface area contributed by atoms with Gasteiger partial charge >= 0.3 is 0 Å². The summed E-state index contributed by atoms with van der Waals surface area (Å²) < 4.78 is 0. The Balaban J connectivity index is 1.92. The molecule has 0 radical (unpaired) electrons. The number of carbonyl (C=O) groups is 1. The lowest BCUT2D eigenvalue weighted by molar-refractivity contribution is -0.125. The van der Waals surface area contributed by atoms with E-state index in [0.717, 1.165) is 19.4 Å². The van der Waals surface area contributed by atoms with Crippen molar-refractivity contribution in [2.75, 3.05) is 6.54 Å². The third-order valence-electron chi connectivity index (χ3n) is 3.53. The van der Waals surface area contributed by atoms with Crippen LogP contribution in [0.5, 0.6) is 0 Å². The summed E-state index contributed by atoms with van der Waals surface area (Å²) in [7, 11) is -1.81. The van der Waals surface area contributed by atoms with Crippen LogP contribution in [-0.4, -0.2) is 33.5 Å². The van der Waals surface area contributed by atoms with Crippen molar-refractivity contribution in [3.05, 3.63) is 11.9 Å². The van der Waals surface area contributed by atoms with Crippen molar-refractivity contribution < 1.29 is 4.79 Å². The molecule has 0 aromatic carbocycles. The average Bonchev–Trinajstić information content (AvgIpc) is 2.44. The lowest BCUT2D eigenvalue weighted by atomic mass is 10.4. The largest absolute Gasteiger partial charge is 0.320 e. The van der Waals surface area contributed by atoms with Crippen molar-refractivity contribution in [3.8, 4) is 0 Å². The topological polar surface area (TPSA) is 20.3 Å². The van der Waals surface area contributed by atoms with Gasteiger partial charge in [-0.15, -0.1) is 0 Å². The van der Waals surface area contributed by atoms with Gasteiger partial charge in [0.25, 0.3) is 0 Å². The van der Waals surface area contributed by atoms with Crippen LogP contribution in [0.1, 0.15) is 12.8 Å². The van der Waals surface area contributed by atoms with Gasteiger partial charge in [-0.1, -0.05) is 36.7 Å². The molecular formula is C11H21NOSi2. The Morgan fingerprint density at radius 1 is 1.27 bits per heavy atom. The van der Waals surface area contributed by atoms with Crippen LogP contribution in [0.2, 0.25) is 31.0 Å². The minimum absolute atomic E-state index is 0.319. The number of likely N-dealkylation sites (tertiary alicyclic amines) is 1. The van der Waals surface area contributed by atoms with E-state index in [0.29, 0.717) is 5.91 Å². The van der Waals surface area contributed by atoms with Crippen molar-refractivity contribution in [2.24, 2.45) is 0 Å². The third-order valence-corrected chi connectivity index (χ3v) is 18.6. The molecule has 0 spiro atoms. The van der Waals surface area contributed by atoms with Crippen molar-refractivity contribution >= 4 is 22.1 Å². The monoisotopic (exact) mass is 239 g/mol. The standard InChI is InChI=1S/C11H21NOSi2/c1-14(2)9-15(3,10-14)8-7-12-6-4-5-11(12)13/h7-8H,4-6,9-10H2,1-3H3/b8-7+. The number of nitrogens with zero attached hydrogens (tertiary/aromatic N) is 1. The second-order valence-corrected chi connectivity index (χ2v) is 17.0.